The van der Waals surface area contributed by atoms with Gasteiger partial charge in [-0.15, -0.1) is 0 Å². The highest BCUT2D eigenvalue weighted by Crippen LogP contribution is 2.08. The first-order chi connectivity index (χ1) is 8.56. The summed E-state index contributed by atoms with van der Waals surface area (Å²) < 4.78 is 0. The topological polar surface area (TPSA) is 81.6 Å². The van der Waals surface area contributed by atoms with E-state index in [1.807, 2.05) is 31.2 Å². The lowest BCUT2D eigenvalue weighted by molar-refractivity contribution is -0.118. The third-order valence-electron chi connectivity index (χ3n) is 2.64. The normalized spacial score (nSPS) is 12.5. The van der Waals surface area contributed by atoms with Crippen LogP contribution >= 0.6 is 0 Å². The van der Waals surface area contributed by atoms with Crippen molar-refractivity contribution in [3.63, 3.8) is 0 Å². The zero-order valence-electron chi connectivity index (χ0n) is 10.7. The first-order valence-corrected chi connectivity index (χ1v) is 5.92. The van der Waals surface area contributed by atoms with Crippen molar-refractivity contribution in [2.24, 2.45) is 0 Å². The number of anilines is 1. The first kappa shape index (κ1) is 14.6. The molecule has 18 heavy (non-hydrogen) atoms. The van der Waals surface area contributed by atoms with Crippen LogP contribution in [0, 0.1) is 6.92 Å². The summed E-state index contributed by atoms with van der Waals surface area (Å²) in [5.41, 5.74) is 1.85. The summed E-state index contributed by atoms with van der Waals surface area (Å²) in [4.78, 5) is 11.8. The summed E-state index contributed by atoms with van der Waals surface area (Å²) in [6, 6.07) is 6.51. The molecule has 1 unspecified atom stereocenters. The number of hydrogen-bond acceptors (Lipinski definition) is 4. The molecule has 0 heterocycles. The number of aliphatic hydroxyl groups is 2. The molecule has 0 fully saturated rings. The fourth-order valence-electron chi connectivity index (χ4n) is 1.48. The van der Waals surface area contributed by atoms with Gasteiger partial charge in [-0.1, -0.05) is 17.7 Å². The first-order valence-electron chi connectivity index (χ1n) is 5.92. The van der Waals surface area contributed by atoms with Gasteiger partial charge in [-0.05, 0) is 26.0 Å². The number of amides is 1. The van der Waals surface area contributed by atoms with Crippen molar-refractivity contribution >= 4 is 11.6 Å². The van der Waals surface area contributed by atoms with E-state index in [-0.39, 0.29) is 19.1 Å². The standard InChI is InChI=1S/C13H20N2O3/c1-9-3-5-11(6-4-9)15-13(18)10(2)14-12(7-16)8-17/h3-6,10,12,14,16-17H,7-8H2,1-2H3,(H,15,18). The molecule has 0 spiro atoms. The second-order valence-corrected chi connectivity index (χ2v) is 4.31. The molecule has 0 aromatic heterocycles. The Labute approximate surface area is 107 Å². The number of carbonyl (C=O) groups excluding carboxylic acids is 1. The average Bonchev–Trinajstić information content (AvgIpc) is 2.38. The van der Waals surface area contributed by atoms with Crippen LogP contribution in [0.4, 0.5) is 5.69 Å². The van der Waals surface area contributed by atoms with Gasteiger partial charge in [0.1, 0.15) is 0 Å². The summed E-state index contributed by atoms with van der Waals surface area (Å²) in [5, 5.41) is 23.4. The van der Waals surface area contributed by atoms with Gasteiger partial charge in [0.05, 0.1) is 25.3 Å². The number of nitrogens with one attached hydrogen (secondary N) is 2. The van der Waals surface area contributed by atoms with Crippen molar-refractivity contribution in [1.29, 1.82) is 0 Å². The molecule has 0 bridgehead atoms. The highest BCUT2D eigenvalue weighted by molar-refractivity contribution is 5.94. The lowest BCUT2D eigenvalue weighted by Crippen LogP contribution is -2.47. The van der Waals surface area contributed by atoms with E-state index < -0.39 is 12.1 Å². The van der Waals surface area contributed by atoms with E-state index in [0.29, 0.717) is 0 Å². The number of aliphatic hydroxyl groups excluding tert-OH is 2. The third kappa shape index (κ3) is 4.44. The largest absolute Gasteiger partial charge is 0.395 e. The molecule has 4 N–H and O–H groups in total. The molecule has 5 nitrogen and oxygen atoms in total. The summed E-state index contributed by atoms with van der Waals surface area (Å²) in [6.45, 7) is 3.24. The van der Waals surface area contributed by atoms with Crippen LogP contribution in [-0.2, 0) is 4.79 Å². The summed E-state index contributed by atoms with van der Waals surface area (Å²) in [7, 11) is 0. The van der Waals surface area contributed by atoms with Gasteiger partial charge in [-0.25, -0.2) is 0 Å². The predicted octanol–water partition coefficient (Wildman–Crippen LogP) is 0.265. The molecular formula is C13H20N2O3. The van der Waals surface area contributed by atoms with Gasteiger partial charge in [0.2, 0.25) is 5.91 Å². The summed E-state index contributed by atoms with van der Waals surface area (Å²) in [5.74, 6) is -0.203. The fraction of sp³-hybridized carbons (Fsp3) is 0.462. The molecule has 0 saturated heterocycles. The highest BCUT2D eigenvalue weighted by atomic mass is 16.3. The molecule has 1 aromatic carbocycles. The van der Waals surface area contributed by atoms with Gasteiger partial charge < -0.3 is 15.5 Å². The van der Waals surface area contributed by atoms with Crippen molar-refractivity contribution in [2.75, 3.05) is 18.5 Å². The summed E-state index contributed by atoms with van der Waals surface area (Å²) in [6.07, 6.45) is 0. The van der Waals surface area contributed by atoms with Crippen LogP contribution in [0.2, 0.25) is 0 Å². The van der Waals surface area contributed by atoms with Crippen molar-refractivity contribution in [3.8, 4) is 0 Å². The Balaban J connectivity index is 2.51. The van der Waals surface area contributed by atoms with Crippen LogP contribution in [0.25, 0.3) is 0 Å². The van der Waals surface area contributed by atoms with Gasteiger partial charge in [-0.2, -0.15) is 0 Å². The maximum Gasteiger partial charge on any atom is 0.241 e. The molecule has 1 amide bonds. The van der Waals surface area contributed by atoms with E-state index in [1.54, 1.807) is 6.92 Å². The van der Waals surface area contributed by atoms with Gasteiger partial charge in [0.15, 0.2) is 0 Å². The Morgan fingerprint density at radius 1 is 1.22 bits per heavy atom. The molecule has 0 aliphatic rings. The molecule has 0 aliphatic carbocycles. The Hall–Kier alpha value is -1.43. The van der Waals surface area contributed by atoms with Crippen LogP contribution in [0.15, 0.2) is 24.3 Å². The van der Waals surface area contributed by atoms with Crippen LogP contribution in [0.1, 0.15) is 12.5 Å². The van der Waals surface area contributed by atoms with Crippen LogP contribution in [0.5, 0.6) is 0 Å². The molecule has 1 aromatic rings. The minimum absolute atomic E-state index is 0.203. The van der Waals surface area contributed by atoms with E-state index in [1.165, 1.54) is 0 Å². The fourth-order valence-corrected chi connectivity index (χ4v) is 1.48. The zero-order valence-corrected chi connectivity index (χ0v) is 10.7. The molecule has 0 aliphatic heterocycles. The van der Waals surface area contributed by atoms with E-state index >= 15 is 0 Å². The van der Waals surface area contributed by atoms with Crippen LogP contribution in [0.3, 0.4) is 0 Å². The zero-order chi connectivity index (χ0) is 13.5. The maximum absolute atomic E-state index is 11.8. The van der Waals surface area contributed by atoms with Crippen LogP contribution < -0.4 is 10.6 Å². The molecule has 1 rings (SSSR count). The van der Waals surface area contributed by atoms with E-state index in [2.05, 4.69) is 10.6 Å². The molecular weight excluding hydrogens is 232 g/mol. The minimum atomic E-state index is -0.490. The molecule has 0 saturated carbocycles. The molecule has 0 radical (unpaired) electrons. The Morgan fingerprint density at radius 2 is 1.78 bits per heavy atom. The number of hydrogen-bond donors (Lipinski definition) is 4. The molecule has 100 valence electrons. The van der Waals surface area contributed by atoms with Gasteiger partial charge in [-0.3, -0.25) is 10.1 Å². The molecule has 5 heteroatoms. The second kappa shape index (κ2) is 7.10. The maximum atomic E-state index is 11.8. The Bertz CT molecular complexity index is 374. The average molecular weight is 252 g/mol. The van der Waals surface area contributed by atoms with E-state index in [9.17, 15) is 4.79 Å². The molecule has 1 atom stereocenters. The van der Waals surface area contributed by atoms with E-state index in [0.717, 1.165) is 11.3 Å². The van der Waals surface area contributed by atoms with Gasteiger partial charge in [0, 0.05) is 5.69 Å². The smallest absolute Gasteiger partial charge is 0.241 e. The minimum Gasteiger partial charge on any atom is -0.395 e. The van der Waals surface area contributed by atoms with Crippen LogP contribution in [-0.4, -0.2) is 41.4 Å². The Kier molecular flexibility index (Phi) is 5.77. The van der Waals surface area contributed by atoms with Crippen molar-refractivity contribution in [3.05, 3.63) is 29.8 Å². The number of benzene rings is 1. The van der Waals surface area contributed by atoms with Crippen molar-refractivity contribution < 1.29 is 15.0 Å². The quantitative estimate of drug-likeness (QED) is 0.585. The second-order valence-electron chi connectivity index (χ2n) is 4.31. The lowest BCUT2D eigenvalue weighted by Gasteiger charge is -2.19. The van der Waals surface area contributed by atoms with E-state index in [4.69, 9.17) is 10.2 Å². The van der Waals surface area contributed by atoms with Crippen molar-refractivity contribution in [2.45, 2.75) is 25.9 Å². The Morgan fingerprint density at radius 3 is 2.28 bits per heavy atom. The van der Waals surface area contributed by atoms with Crippen molar-refractivity contribution in [1.82, 2.24) is 5.32 Å². The number of rotatable bonds is 6. The lowest BCUT2D eigenvalue weighted by atomic mass is 10.2. The predicted molar refractivity (Wildman–Crippen MR) is 70.4 cm³/mol. The SMILES string of the molecule is Cc1ccc(NC(=O)C(C)NC(CO)CO)cc1. The van der Waals surface area contributed by atoms with Gasteiger partial charge >= 0.3 is 0 Å². The number of carbonyl (C=O) groups is 1. The summed E-state index contributed by atoms with van der Waals surface area (Å²) >= 11 is 0. The number of aryl methyl sites for hydroxylation is 1. The van der Waals surface area contributed by atoms with Gasteiger partial charge in [0.25, 0.3) is 0 Å². The highest BCUT2D eigenvalue weighted by Gasteiger charge is 2.16. The monoisotopic (exact) mass is 252 g/mol. The third-order valence-corrected chi connectivity index (χ3v) is 2.64.